The number of nitrogens with zero attached hydrogens (tertiary/aromatic N) is 3. The molecule has 1 saturated carbocycles. The van der Waals surface area contributed by atoms with E-state index in [1.807, 2.05) is 11.0 Å². The van der Waals surface area contributed by atoms with Crippen LogP contribution in [0.2, 0.25) is 0 Å². The normalized spacial score (nSPS) is 25.5. The first-order valence-corrected chi connectivity index (χ1v) is 12.6. The third-order valence-electron chi connectivity index (χ3n) is 7.92. The summed E-state index contributed by atoms with van der Waals surface area (Å²) in [5.41, 5.74) is -0.198. The summed E-state index contributed by atoms with van der Waals surface area (Å²) in [7, 11) is 0. The number of piperazine rings is 1. The van der Waals surface area contributed by atoms with Gasteiger partial charge in [0.1, 0.15) is 17.8 Å². The van der Waals surface area contributed by atoms with E-state index >= 15 is 0 Å². The number of hydrogen-bond acceptors (Lipinski definition) is 6. The van der Waals surface area contributed by atoms with E-state index in [0.29, 0.717) is 32.5 Å². The predicted molar refractivity (Wildman–Crippen MR) is 131 cm³/mol. The van der Waals surface area contributed by atoms with Crippen LogP contribution in [0.3, 0.4) is 0 Å². The van der Waals surface area contributed by atoms with Gasteiger partial charge in [0.25, 0.3) is 0 Å². The Kier molecular flexibility index (Phi) is 9.32. The van der Waals surface area contributed by atoms with Gasteiger partial charge in [-0.25, -0.2) is 0 Å². The molecule has 8 nitrogen and oxygen atoms in total. The molecule has 3 heterocycles. The Balaban J connectivity index is 0.00000324. The maximum Gasteiger partial charge on any atom is 0.248 e. The Morgan fingerprint density at radius 3 is 2.50 bits per heavy atom. The van der Waals surface area contributed by atoms with Crippen molar-refractivity contribution in [3.8, 4) is 0 Å². The number of halogens is 1. The quantitative estimate of drug-likeness (QED) is 0.537. The van der Waals surface area contributed by atoms with Gasteiger partial charge in [-0.05, 0) is 44.1 Å². The monoisotopic (exact) mass is 494 g/mol. The fraction of sp³-hybridized carbons (Fsp3) is 0.720. The number of amides is 2. The number of piperidine rings is 1. The highest BCUT2D eigenvalue weighted by molar-refractivity contribution is 6.00. The second-order valence-electron chi connectivity index (χ2n) is 9.91. The van der Waals surface area contributed by atoms with Crippen LogP contribution in [0.25, 0.3) is 0 Å². The molecule has 1 unspecified atom stereocenters. The van der Waals surface area contributed by atoms with E-state index in [0.717, 1.165) is 44.1 Å². The van der Waals surface area contributed by atoms with E-state index in [1.54, 1.807) is 23.4 Å². The van der Waals surface area contributed by atoms with Crippen LogP contribution in [0, 0.1) is 5.92 Å². The third-order valence-corrected chi connectivity index (χ3v) is 7.92. The number of aromatic nitrogens is 1. The van der Waals surface area contributed by atoms with Crippen LogP contribution in [-0.2, 0) is 9.59 Å². The van der Waals surface area contributed by atoms with Gasteiger partial charge in [0, 0.05) is 37.6 Å². The number of aliphatic hydroxyl groups excluding tert-OH is 2. The highest BCUT2D eigenvalue weighted by Gasteiger charge is 2.55. The van der Waals surface area contributed by atoms with Crippen LogP contribution in [0.4, 0.5) is 0 Å². The van der Waals surface area contributed by atoms with Gasteiger partial charge < -0.3 is 20.4 Å². The average Bonchev–Trinajstić information content (AvgIpc) is 2.87. The van der Waals surface area contributed by atoms with Crippen LogP contribution in [-0.4, -0.2) is 74.1 Å². The van der Waals surface area contributed by atoms with Gasteiger partial charge in [0.2, 0.25) is 11.8 Å². The van der Waals surface area contributed by atoms with E-state index < -0.39 is 23.9 Å². The number of nitrogens with one attached hydrogen (secondary N) is 1. The first kappa shape index (κ1) is 26.9. The molecule has 0 bridgehead atoms. The van der Waals surface area contributed by atoms with E-state index in [2.05, 4.69) is 17.2 Å². The first-order valence-electron chi connectivity index (χ1n) is 12.6. The summed E-state index contributed by atoms with van der Waals surface area (Å²) in [4.78, 5) is 35.0. The molecule has 3 N–H and O–H groups in total. The molecule has 0 aromatic carbocycles. The fourth-order valence-corrected chi connectivity index (χ4v) is 5.83. The van der Waals surface area contributed by atoms with Gasteiger partial charge in [-0.15, -0.1) is 12.4 Å². The summed E-state index contributed by atoms with van der Waals surface area (Å²) in [6.07, 6.45) is 9.45. The van der Waals surface area contributed by atoms with Crippen LogP contribution in [0.5, 0.6) is 0 Å². The fourth-order valence-electron chi connectivity index (χ4n) is 5.83. The van der Waals surface area contributed by atoms with Crippen LogP contribution in [0.15, 0.2) is 24.5 Å². The minimum atomic E-state index is -0.916. The Bertz CT molecular complexity index is 812. The number of pyridine rings is 1. The molecule has 2 amide bonds. The highest BCUT2D eigenvalue weighted by atomic mass is 35.5. The second-order valence-corrected chi connectivity index (χ2v) is 9.91. The van der Waals surface area contributed by atoms with Gasteiger partial charge in [-0.3, -0.25) is 19.5 Å². The van der Waals surface area contributed by atoms with Crippen LogP contribution >= 0.6 is 12.4 Å². The van der Waals surface area contributed by atoms with Crippen molar-refractivity contribution >= 4 is 24.2 Å². The standard InChI is InChI=1S/C25H38N4O4.ClH/c1-2-3-14-29-23(32)20(21(30)18-8-5-4-6-9-18)27-24(33)25(29)11-15-28(16-12-25)22(31)19-10-7-13-26-17-19;/h7,10,13,17-18,20-22,30-31H,2-6,8-9,11-12,14-16H2,1H3,(H,27,33);1H/t20-,21-,22?;/m1./s1. The lowest BCUT2D eigenvalue weighted by Gasteiger charge is -2.53. The highest BCUT2D eigenvalue weighted by Crippen LogP contribution is 2.37. The van der Waals surface area contributed by atoms with Crippen molar-refractivity contribution in [3.05, 3.63) is 30.1 Å². The zero-order chi connectivity index (χ0) is 23.4. The Labute approximate surface area is 208 Å². The molecule has 9 heteroatoms. The Hall–Kier alpha value is -1.74. The van der Waals surface area contributed by atoms with Gasteiger partial charge in [0.15, 0.2) is 0 Å². The molecule has 34 heavy (non-hydrogen) atoms. The van der Waals surface area contributed by atoms with Crippen molar-refractivity contribution in [3.63, 3.8) is 0 Å². The maximum absolute atomic E-state index is 13.7. The summed E-state index contributed by atoms with van der Waals surface area (Å²) in [5.74, 6) is -0.248. The van der Waals surface area contributed by atoms with Gasteiger partial charge >= 0.3 is 0 Å². The minimum absolute atomic E-state index is 0. The van der Waals surface area contributed by atoms with E-state index in [4.69, 9.17) is 0 Å². The summed E-state index contributed by atoms with van der Waals surface area (Å²) in [5, 5.41) is 24.8. The zero-order valence-electron chi connectivity index (χ0n) is 20.1. The number of likely N-dealkylation sites (tertiary alicyclic amines) is 1. The van der Waals surface area contributed by atoms with Crippen LogP contribution < -0.4 is 5.32 Å². The number of unbranched alkanes of at least 4 members (excludes halogenated alkanes) is 1. The summed E-state index contributed by atoms with van der Waals surface area (Å²) < 4.78 is 0. The summed E-state index contributed by atoms with van der Waals surface area (Å²) in [6.45, 7) is 3.58. The lowest BCUT2D eigenvalue weighted by molar-refractivity contribution is -0.167. The largest absolute Gasteiger partial charge is 0.390 e. The second kappa shape index (κ2) is 11.8. The number of carbonyl (C=O) groups is 2. The molecule has 0 radical (unpaired) electrons. The molecule has 2 saturated heterocycles. The molecule has 2 aliphatic heterocycles. The number of hydrogen-bond donors (Lipinski definition) is 3. The average molecular weight is 495 g/mol. The predicted octanol–water partition coefficient (Wildman–Crippen LogP) is 2.40. The number of aliphatic hydroxyl groups is 2. The number of rotatable bonds is 7. The molecule has 3 fully saturated rings. The van der Waals surface area contributed by atoms with E-state index in [9.17, 15) is 19.8 Å². The molecule has 190 valence electrons. The lowest BCUT2D eigenvalue weighted by Crippen LogP contribution is -2.75. The maximum atomic E-state index is 13.7. The molecule has 3 aliphatic rings. The smallest absolute Gasteiger partial charge is 0.248 e. The van der Waals surface area contributed by atoms with Crippen molar-refractivity contribution in [2.45, 2.75) is 88.6 Å². The minimum Gasteiger partial charge on any atom is -0.390 e. The molecular weight excluding hydrogens is 456 g/mol. The Morgan fingerprint density at radius 2 is 1.88 bits per heavy atom. The van der Waals surface area contributed by atoms with Crippen molar-refractivity contribution < 1.29 is 19.8 Å². The summed E-state index contributed by atoms with van der Waals surface area (Å²) >= 11 is 0. The third kappa shape index (κ3) is 5.25. The first-order chi connectivity index (χ1) is 16.0. The zero-order valence-corrected chi connectivity index (χ0v) is 20.9. The summed E-state index contributed by atoms with van der Waals surface area (Å²) in [6, 6.07) is 2.77. The van der Waals surface area contributed by atoms with Gasteiger partial charge in [0.05, 0.1) is 6.10 Å². The van der Waals surface area contributed by atoms with Crippen LogP contribution in [0.1, 0.15) is 76.5 Å². The van der Waals surface area contributed by atoms with Crippen molar-refractivity contribution in [2.75, 3.05) is 19.6 Å². The Morgan fingerprint density at radius 1 is 1.18 bits per heavy atom. The topological polar surface area (TPSA) is 106 Å². The molecular formula is C25H39ClN4O4. The molecule has 4 rings (SSSR count). The van der Waals surface area contributed by atoms with Crippen molar-refractivity contribution in [1.29, 1.82) is 0 Å². The SMILES string of the molecule is CCCCN1C(=O)[C@@H]([C@H](O)C2CCCCC2)NC(=O)C12CCN(C(O)c1cccnc1)CC2.Cl. The molecule has 1 aromatic rings. The molecule has 1 aromatic heterocycles. The molecule has 1 aliphatic carbocycles. The van der Waals surface area contributed by atoms with Gasteiger partial charge in [-0.2, -0.15) is 0 Å². The number of carbonyl (C=O) groups excluding carboxylic acids is 2. The van der Waals surface area contributed by atoms with Gasteiger partial charge in [-0.1, -0.05) is 38.7 Å². The lowest BCUT2D eigenvalue weighted by atomic mass is 9.77. The van der Waals surface area contributed by atoms with Crippen molar-refractivity contribution in [1.82, 2.24) is 20.1 Å². The van der Waals surface area contributed by atoms with E-state index in [-0.39, 0.29) is 30.1 Å². The molecule has 1 spiro atoms. The molecule has 3 atom stereocenters. The van der Waals surface area contributed by atoms with Crippen molar-refractivity contribution in [2.24, 2.45) is 5.92 Å². The van der Waals surface area contributed by atoms with E-state index in [1.165, 1.54) is 6.42 Å².